The highest BCUT2D eigenvalue weighted by Crippen LogP contribution is 2.20. The van der Waals surface area contributed by atoms with Crippen LogP contribution in [0.5, 0.6) is 0 Å². The van der Waals surface area contributed by atoms with E-state index in [2.05, 4.69) is 62.9 Å². The number of anilines is 2. The number of hydrogen-bond acceptors (Lipinski definition) is 4. The molecule has 0 aliphatic rings. The van der Waals surface area contributed by atoms with E-state index in [1.165, 1.54) is 6.42 Å². The third-order valence-corrected chi connectivity index (χ3v) is 3.62. The predicted octanol–water partition coefficient (Wildman–Crippen LogP) is 4.12. The molecule has 1 N–H and O–H groups in total. The van der Waals surface area contributed by atoms with E-state index in [9.17, 15) is 0 Å². The van der Waals surface area contributed by atoms with Crippen molar-refractivity contribution in [2.75, 3.05) is 23.8 Å². The number of hydrogen-bond donors (Lipinski definition) is 1. The van der Waals surface area contributed by atoms with Crippen molar-refractivity contribution in [3.63, 3.8) is 0 Å². The lowest BCUT2D eigenvalue weighted by Gasteiger charge is -2.28. The molecule has 4 nitrogen and oxygen atoms in total. The van der Waals surface area contributed by atoms with Crippen LogP contribution < -0.4 is 10.2 Å². The summed E-state index contributed by atoms with van der Waals surface area (Å²) in [7, 11) is 2.13. The second kappa shape index (κ2) is 8.85. The smallest absolute Gasteiger partial charge is 0.134 e. The summed E-state index contributed by atoms with van der Waals surface area (Å²) in [6, 6.07) is 2.56. The van der Waals surface area contributed by atoms with Gasteiger partial charge in [-0.2, -0.15) is 0 Å². The van der Waals surface area contributed by atoms with Gasteiger partial charge in [0.1, 0.15) is 17.5 Å². The average molecular weight is 292 g/mol. The van der Waals surface area contributed by atoms with Crippen LogP contribution in [0.25, 0.3) is 0 Å². The Balaban J connectivity index is 2.94. The van der Waals surface area contributed by atoms with E-state index in [-0.39, 0.29) is 0 Å². The highest BCUT2D eigenvalue weighted by molar-refractivity contribution is 5.49. The van der Waals surface area contributed by atoms with Crippen LogP contribution in [0.4, 0.5) is 11.6 Å². The lowest BCUT2D eigenvalue weighted by molar-refractivity contribution is 0.501. The normalized spacial score (nSPS) is 12.5. The maximum Gasteiger partial charge on any atom is 0.134 e. The quantitative estimate of drug-likeness (QED) is 0.743. The van der Waals surface area contributed by atoms with E-state index >= 15 is 0 Å². The topological polar surface area (TPSA) is 41.0 Å². The molecule has 1 unspecified atom stereocenters. The van der Waals surface area contributed by atoms with Gasteiger partial charge in [-0.3, -0.25) is 0 Å². The molecule has 1 rings (SSSR count). The summed E-state index contributed by atoms with van der Waals surface area (Å²) in [5.41, 5.74) is 0. The van der Waals surface area contributed by atoms with Crippen LogP contribution in [0.15, 0.2) is 6.07 Å². The van der Waals surface area contributed by atoms with Gasteiger partial charge in [-0.1, -0.05) is 27.7 Å². The van der Waals surface area contributed by atoms with Crippen LogP contribution >= 0.6 is 0 Å². The van der Waals surface area contributed by atoms with Gasteiger partial charge >= 0.3 is 0 Å². The standard InChI is InChI=1S/C17H32N4/c1-7-9-15-19-16(18-10-8-2)12-17(20-15)21(6)14(5)11-13(3)4/h12-14H,7-11H2,1-6H3,(H,18,19,20). The maximum absolute atomic E-state index is 4.73. The van der Waals surface area contributed by atoms with Gasteiger partial charge in [-0.25, -0.2) is 9.97 Å². The minimum Gasteiger partial charge on any atom is -0.370 e. The van der Waals surface area contributed by atoms with Crippen molar-refractivity contribution in [2.24, 2.45) is 5.92 Å². The zero-order chi connectivity index (χ0) is 15.8. The average Bonchev–Trinajstić information content (AvgIpc) is 2.43. The number of nitrogens with one attached hydrogen (secondary N) is 1. The van der Waals surface area contributed by atoms with Crippen molar-refractivity contribution in [3.8, 4) is 0 Å². The van der Waals surface area contributed by atoms with Gasteiger partial charge < -0.3 is 10.2 Å². The summed E-state index contributed by atoms with van der Waals surface area (Å²) < 4.78 is 0. The zero-order valence-corrected chi connectivity index (χ0v) is 14.6. The van der Waals surface area contributed by atoms with Gasteiger partial charge in [0.15, 0.2) is 0 Å². The highest BCUT2D eigenvalue weighted by atomic mass is 15.2. The van der Waals surface area contributed by atoms with E-state index in [1.54, 1.807) is 0 Å². The van der Waals surface area contributed by atoms with E-state index in [0.717, 1.165) is 43.3 Å². The molecule has 0 aliphatic heterocycles. The SMILES string of the molecule is CCCNc1cc(N(C)C(C)CC(C)C)nc(CCC)n1. The molecule has 0 aromatic carbocycles. The minimum absolute atomic E-state index is 0.480. The monoisotopic (exact) mass is 292 g/mol. The van der Waals surface area contributed by atoms with Crippen molar-refractivity contribution in [2.45, 2.75) is 66.3 Å². The summed E-state index contributed by atoms with van der Waals surface area (Å²) in [6.07, 6.45) is 4.27. The van der Waals surface area contributed by atoms with Crippen LogP contribution in [-0.2, 0) is 6.42 Å². The molecule has 0 saturated carbocycles. The molecule has 4 heteroatoms. The molecule has 0 amide bonds. The molecular formula is C17H32N4. The third-order valence-electron chi connectivity index (χ3n) is 3.62. The van der Waals surface area contributed by atoms with Crippen molar-refractivity contribution in [1.29, 1.82) is 0 Å². The fourth-order valence-corrected chi connectivity index (χ4v) is 2.41. The van der Waals surface area contributed by atoms with Crippen molar-refractivity contribution in [1.82, 2.24) is 9.97 Å². The summed E-state index contributed by atoms with van der Waals surface area (Å²) in [6.45, 7) is 12.1. The second-order valence-corrected chi connectivity index (χ2v) is 6.29. The molecule has 1 heterocycles. The minimum atomic E-state index is 0.480. The molecule has 120 valence electrons. The molecule has 0 fully saturated rings. The Morgan fingerprint density at radius 2 is 1.86 bits per heavy atom. The largest absolute Gasteiger partial charge is 0.370 e. The van der Waals surface area contributed by atoms with E-state index in [4.69, 9.17) is 4.98 Å². The van der Waals surface area contributed by atoms with Gasteiger partial charge in [0.05, 0.1) is 0 Å². The van der Waals surface area contributed by atoms with E-state index in [1.807, 2.05) is 0 Å². The van der Waals surface area contributed by atoms with Crippen LogP contribution in [0, 0.1) is 5.92 Å². The lowest BCUT2D eigenvalue weighted by Crippen LogP contribution is -2.31. The number of rotatable bonds is 9. The van der Waals surface area contributed by atoms with Crippen LogP contribution in [-0.4, -0.2) is 29.6 Å². The first-order chi connectivity index (χ1) is 9.97. The summed E-state index contributed by atoms with van der Waals surface area (Å²) in [4.78, 5) is 11.6. The van der Waals surface area contributed by atoms with Crippen LogP contribution in [0.2, 0.25) is 0 Å². The molecule has 0 radical (unpaired) electrons. The fraction of sp³-hybridized carbons (Fsp3) is 0.765. The molecule has 21 heavy (non-hydrogen) atoms. The van der Waals surface area contributed by atoms with E-state index < -0.39 is 0 Å². The van der Waals surface area contributed by atoms with Crippen LogP contribution in [0.1, 0.15) is 59.7 Å². The summed E-state index contributed by atoms with van der Waals surface area (Å²) in [5.74, 6) is 3.61. The molecule has 0 saturated heterocycles. The van der Waals surface area contributed by atoms with Crippen LogP contribution in [0.3, 0.4) is 0 Å². The highest BCUT2D eigenvalue weighted by Gasteiger charge is 2.15. The number of aryl methyl sites for hydroxylation is 1. The summed E-state index contributed by atoms with van der Waals surface area (Å²) in [5, 5.41) is 3.39. The third kappa shape index (κ3) is 5.90. The van der Waals surface area contributed by atoms with Crippen molar-refractivity contribution >= 4 is 11.6 Å². The van der Waals surface area contributed by atoms with Gasteiger partial charge in [-0.15, -0.1) is 0 Å². The Bertz CT molecular complexity index is 417. The maximum atomic E-state index is 4.73. The van der Waals surface area contributed by atoms with Gasteiger partial charge in [0.2, 0.25) is 0 Å². The number of aromatic nitrogens is 2. The molecule has 1 aromatic heterocycles. The molecule has 1 atom stereocenters. The summed E-state index contributed by atoms with van der Waals surface area (Å²) >= 11 is 0. The van der Waals surface area contributed by atoms with Crippen molar-refractivity contribution < 1.29 is 0 Å². The molecule has 0 aliphatic carbocycles. The Hall–Kier alpha value is -1.32. The first-order valence-corrected chi connectivity index (χ1v) is 8.32. The second-order valence-electron chi connectivity index (χ2n) is 6.29. The van der Waals surface area contributed by atoms with E-state index in [0.29, 0.717) is 12.0 Å². The van der Waals surface area contributed by atoms with Gasteiger partial charge in [0.25, 0.3) is 0 Å². The Kier molecular flexibility index (Phi) is 7.48. The molecular weight excluding hydrogens is 260 g/mol. The number of nitrogens with zero attached hydrogens (tertiary/aromatic N) is 3. The molecule has 0 spiro atoms. The fourth-order valence-electron chi connectivity index (χ4n) is 2.41. The lowest BCUT2D eigenvalue weighted by atomic mass is 10.0. The van der Waals surface area contributed by atoms with Crippen molar-refractivity contribution in [3.05, 3.63) is 11.9 Å². The Labute approximate surface area is 130 Å². The van der Waals surface area contributed by atoms with Gasteiger partial charge in [0, 0.05) is 32.1 Å². The zero-order valence-electron chi connectivity index (χ0n) is 14.6. The Morgan fingerprint density at radius 3 is 2.43 bits per heavy atom. The Morgan fingerprint density at radius 1 is 1.14 bits per heavy atom. The predicted molar refractivity (Wildman–Crippen MR) is 92.1 cm³/mol. The molecule has 0 bridgehead atoms. The molecule has 1 aromatic rings. The van der Waals surface area contributed by atoms with Gasteiger partial charge in [-0.05, 0) is 32.1 Å². The first-order valence-electron chi connectivity index (χ1n) is 8.32. The first kappa shape index (κ1) is 17.7.